The van der Waals surface area contributed by atoms with Gasteiger partial charge in [-0.15, -0.1) is 11.3 Å². The molecule has 4 aromatic rings. The Morgan fingerprint density at radius 2 is 1.96 bits per heavy atom. The van der Waals surface area contributed by atoms with E-state index in [1.54, 1.807) is 0 Å². The molecule has 2 heterocycles. The third-order valence-corrected chi connectivity index (χ3v) is 5.39. The highest BCUT2D eigenvalue weighted by atomic mass is 32.1. The molecule has 2 amide bonds. The van der Waals surface area contributed by atoms with Gasteiger partial charge in [0.25, 0.3) is 0 Å². The Morgan fingerprint density at radius 3 is 2.79 bits per heavy atom. The van der Waals surface area contributed by atoms with Crippen LogP contribution in [0.15, 0.2) is 54.7 Å². The van der Waals surface area contributed by atoms with Crippen molar-refractivity contribution in [3.8, 4) is 0 Å². The van der Waals surface area contributed by atoms with E-state index in [2.05, 4.69) is 15.3 Å². The number of carbonyl (C=O) groups is 2. The fraction of sp³-hybridized carbons (Fsp3) is 0.150. The average Bonchev–Trinajstić information content (AvgIpc) is 3.29. The average molecular weight is 394 g/mol. The largest absolute Gasteiger partial charge is 0.457 e. The molecule has 0 bridgehead atoms. The zero-order valence-corrected chi connectivity index (χ0v) is 15.7. The van der Waals surface area contributed by atoms with Gasteiger partial charge in [-0.1, -0.05) is 30.3 Å². The van der Waals surface area contributed by atoms with Crippen LogP contribution in [0, 0.1) is 0 Å². The molecule has 0 saturated heterocycles. The van der Waals surface area contributed by atoms with E-state index in [1.165, 1.54) is 11.3 Å². The Bertz CT molecular complexity index is 1120. The van der Waals surface area contributed by atoms with Crippen molar-refractivity contribution in [1.29, 1.82) is 0 Å². The second kappa shape index (κ2) is 7.69. The highest BCUT2D eigenvalue weighted by molar-refractivity contribution is 7.18. The number of carbonyl (C=O) groups excluding carboxylic acids is 2. The van der Waals surface area contributed by atoms with Gasteiger partial charge in [-0.05, 0) is 23.8 Å². The summed E-state index contributed by atoms with van der Waals surface area (Å²) in [6.07, 6.45) is 2.09. The van der Waals surface area contributed by atoms with Crippen LogP contribution in [-0.4, -0.2) is 28.0 Å². The van der Waals surface area contributed by atoms with E-state index in [1.807, 2.05) is 54.7 Å². The lowest BCUT2D eigenvalue weighted by Gasteiger charge is -2.16. The zero-order chi connectivity index (χ0) is 19.5. The maximum absolute atomic E-state index is 12.6. The van der Waals surface area contributed by atoms with Crippen LogP contribution in [0.5, 0.6) is 0 Å². The van der Waals surface area contributed by atoms with Crippen LogP contribution in [0.4, 0.5) is 4.79 Å². The minimum atomic E-state index is -0.883. The fourth-order valence-electron chi connectivity index (χ4n) is 3.10. The number of ether oxygens (including phenoxy) is 1. The number of H-pyrrole nitrogens is 1. The topological polar surface area (TPSA) is 110 Å². The van der Waals surface area contributed by atoms with Crippen molar-refractivity contribution in [3.05, 3.63) is 65.3 Å². The molecule has 1 atom stereocenters. The molecule has 4 N–H and O–H groups in total. The number of fused-ring (bicyclic) bond motifs is 2. The van der Waals surface area contributed by atoms with Gasteiger partial charge in [0.05, 0.1) is 10.2 Å². The number of esters is 1. The van der Waals surface area contributed by atoms with Crippen molar-refractivity contribution in [3.63, 3.8) is 0 Å². The Hall–Kier alpha value is -3.39. The molecule has 0 aliphatic heterocycles. The molecule has 0 saturated carbocycles. The highest BCUT2D eigenvalue weighted by Crippen LogP contribution is 2.23. The van der Waals surface area contributed by atoms with Crippen molar-refractivity contribution < 1.29 is 14.3 Å². The standard InChI is InChI=1S/C20H18N4O3S/c21-20(26)24-16(9-12-10-22-14-6-2-1-5-13(12)14)19(25)27-11-18-23-15-7-3-4-8-17(15)28-18/h1-8,10,16,22H,9,11H2,(H3,21,24,26)/t16-/m0/s1. The van der Waals surface area contributed by atoms with Crippen LogP contribution in [0.3, 0.4) is 0 Å². The lowest BCUT2D eigenvalue weighted by Crippen LogP contribution is -2.45. The van der Waals surface area contributed by atoms with Crippen LogP contribution in [0.1, 0.15) is 10.6 Å². The first-order chi connectivity index (χ1) is 13.6. The second-order valence-corrected chi connectivity index (χ2v) is 7.42. The summed E-state index contributed by atoms with van der Waals surface area (Å²) in [4.78, 5) is 31.6. The minimum Gasteiger partial charge on any atom is -0.457 e. The third kappa shape index (κ3) is 3.81. The van der Waals surface area contributed by atoms with Gasteiger partial charge in [0.2, 0.25) is 0 Å². The summed E-state index contributed by atoms with van der Waals surface area (Å²) in [7, 11) is 0. The summed E-state index contributed by atoms with van der Waals surface area (Å²) in [6, 6.07) is 13.8. The number of benzene rings is 2. The number of rotatable bonds is 6. The number of aromatic amines is 1. The second-order valence-electron chi connectivity index (χ2n) is 6.31. The smallest absolute Gasteiger partial charge is 0.329 e. The van der Waals surface area contributed by atoms with Gasteiger partial charge in [-0.25, -0.2) is 14.6 Å². The number of urea groups is 1. The number of nitrogens with one attached hydrogen (secondary N) is 2. The maximum Gasteiger partial charge on any atom is 0.329 e. The predicted molar refractivity (Wildman–Crippen MR) is 108 cm³/mol. The molecule has 0 spiro atoms. The number of hydrogen-bond acceptors (Lipinski definition) is 5. The van der Waals surface area contributed by atoms with E-state index < -0.39 is 18.0 Å². The van der Waals surface area contributed by atoms with Gasteiger partial charge in [0.15, 0.2) is 0 Å². The first-order valence-corrected chi connectivity index (χ1v) is 9.54. The zero-order valence-electron chi connectivity index (χ0n) is 14.8. The van der Waals surface area contributed by atoms with Crippen LogP contribution >= 0.6 is 11.3 Å². The SMILES string of the molecule is NC(=O)N[C@@H](Cc1c[nH]c2ccccc12)C(=O)OCc1nc2ccccc2s1. The first kappa shape index (κ1) is 18.0. The van der Waals surface area contributed by atoms with Crippen LogP contribution < -0.4 is 11.1 Å². The number of hydrogen-bond donors (Lipinski definition) is 3. The van der Waals surface area contributed by atoms with E-state index >= 15 is 0 Å². The molecule has 0 aliphatic carbocycles. The summed E-state index contributed by atoms with van der Waals surface area (Å²) in [5.74, 6) is -0.552. The number of nitrogens with zero attached hydrogens (tertiary/aromatic N) is 1. The van der Waals surface area contributed by atoms with Gasteiger partial charge >= 0.3 is 12.0 Å². The Balaban J connectivity index is 1.48. The van der Waals surface area contributed by atoms with Crippen LogP contribution in [0.25, 0.3) is 21.1 Å². The first-order valence-electron chi connectivity index (χ1n) is 8.72. The molecule has 0 aliphatic rings. The molecule has 2 aromatic carbocycles. The fourth-order valence-corrected chi connectivity index (χ4v) is 3.98. The van der Waals surface area contributed by atoms with Crippen molar-refractivity contribution in [2.24, 2.45) is 5.73 Å². The molecule has 0 radical (unpaired) electrons. The Labute approximate surface area is 164 Å². The van der Waals surface area contributed by atoms with Crippen molar-refractivity contribution in [1.82, 2.24) is 15.3 Å². The number of para-hydroxylation sites is 2. The van der Waals surface area contributed by atoms with Crippen molar-refractivity contribution in [2.45, 2.75) is 19.1 Å². The molecule has 0 unspecified atom stereocenters. The van der Waals surface area contributed by atoms with Crippen LogP contribution in [0.2, 0.25) is 0 Å². The van der Waals surface area contributed by atoms with E-state index in [0.717, 1.165) is 26.7 Å². The quantitative estimate of drug-likeness (QED) is 0.436. The summed E-state index contributed by atoms with van der Waals surface area (Å²) in [5.41, 5.74) is 7.97. The van der Waals surface area contributed by atoms with Gasteiger partial charge in [-0.2, -0.15) is 0 Å². The lowest BCUT2D eigenvalue weighted by atomic mass is 10.1. The van der Waals surface area contributed by atoms with Gasteiger partial charge in [0.1, 0.15) is 17.7 Å². The van der Waals surface area contributed by atoms with E-state index in [-0.39, 0.29) is 13.0 Å². The normalized spacial score (nSPS) is 12.1. The maximum atomic E-state index is 12.6. The molecule has 142 valence electrons. The third-order valence-electron chi connectivity index (χ3n) is 4.38. The van der Waals surface area contributed by atoms with Gasteiger partial charge < -0.3 is 20.8 Å². The molecular weight excluding hydrogens is 376 g/mol. The number of aromatic nitrogens is 2. The minimum absolute atomic E-state index is 0.0446. The van der Waals surface area contributed by atoms with Crippen molar-refractivity contribution >= 4 is 44.5 Å². The summed E-state index contributed by atoms with van der Waals surface area (Å²) < 4.78 is 6.44. The summed E-state index contributed by atoms with van der Waals surface area (Å²) >= 11 is 1.47. The molecule has 0 fully saturated rings. The molecule has 8 heteroatoms. The van der Waals surface area contributed by atoms with E-state index in [0.29, 0.717) is 5.01 Å². The number of amides is 2. The monoisotopic (exact) mass is 394 g/mol. The van der Waals surface area contributed by atoms with E-state index in [4.69, 9.17) is 10.5 Å². The molecule has 7 nitrogen and oxygen atoms in total. The van der Waals surface area contributed by atoms with Gasteiger partial charge in [-0.3, -0.25) is 0 Å². The predicted octanol–water partition coefficient (Wildman–Crippen LogP) is 3.10. The van der Waals surface area contributed by atoms with Crippen molar-refractivity contribution in [2.75, 3.05) is 0 Å². The molecule has 2 aromatic heterocycles. The number of primary amides is 1. The van der Waals surface area contributed by atoms with E-state index in [9.17, 15) is 9.59 Å². The molecule has 28 heavy (non-hydrogen) atoms. The van der Waals surface area contributed by atoms with Crippen LogP contribution in [-0.2, 0) is 22.6 Å². The summed E-state index contributed by atoms with van der Waals surface area (Å²) in [6.45, 7) is 0.0446. The molecule has 4 rings (SSSR count). The number of thiazole rings is 1. The number of nitrogens with two attached hydrogens (primary N) is 1. The molecular formula is C20H18N4O3S. The highest BCUT2D eigenvalue weighted by Gasteiger charge is 2.23. The Morgan fingerprint density at radius 1 is 1.18 bits per heavy atom. The lowest BCUT2D eigenvalue weighted by molar-refractivity contribution is -0.147. The Kier molecular flexibility index (Phi) is 4.94. The van der Waals surface area contributed by atoms with Gasteiger partial charge in [0, 0.05) is 23.5 Å². The summed E-state index contributed by atoms with van der Waals surface area (Å²) in [5, 5.41) is 4.16.